The molecule has 2 aliphatic rings. The average Bonchev–Trinajstić information content (AvgIpc) is 2.08. The third-order valence-electron chi connectivity index (χ3n) is 2.03. The summed E-state index contributed by atoms with van der Waals surface area (Å²) < 4.78 is 59.8. The number of hydrogen-bond donors (Lipinski definition) is 0. The molecule has 0 N–H and O–H groups in total. The Morgan fingerprint density at radius 1 is 1.19 bits per heavy atom. The standard InChI is InChI=1S/C8H4Br2F4O2/c9-3-1-4(10)6-5(2-3)15-7(11,12)8(13,14)16-6/h1-2,4,6H. The molecule has 2 nitrogen and oxygen atoms in total. The minimum absolute atomic E-state index is 0.341. The SMILES string of the molecule is FC1(F)OC2=CC(Br)=CC(Br)C2OC1(F)F. The first-order valence-electron chi connectivity index (χ1n) is 4.08. The van der Waals surface area contributed by atoms with E-state index >= 15 is 0 Å². The molecule has 1 saturated heterocycles. The van der Waals surface area contributed by atoms with Gasteiger partial charge in [-0.05, 0) is 6.08 Å². The minimum Gasteiger partial charge on any atom is -0.428 e. The zero-order chi connectivity index (χ0) is 12.1. The fraction of sp³-hybridized carbons (Fsp3) is 0.500. The molecule has 1 heterocycles. The van der Waals surface area contributed by atoms with E-state index in [1.807, 2.05) is 0 Å². The largest absolute Gasteiger partial charge is 0.493 e. The van der Waals surface area contributed by atoms with Crippen LogP contribution in [0.15, 0.2) is 22.4 Å². The Hall–Kier alpha value is -0.0800. The van der Waals surface area contributed by atoms with Crippen LogP contribution in [0.3, 0.4) is 0 Å². The van der Waals surface area contributed by atoms with Gasteiger partial charge in [-0.25, -0.2) is 0 Å². The summed E-state index contributed by atoms with van der Waals surface area (Å²) in [6, 6.07) is 0. The predicted octanol–water partition coefficient (Wildman–Crippen LogP) is 3.53. The summed E-state index contributed by atoms with van der Waals surface area (Å²) in [6.07, 6.45) is -7.90. The number of alkyl halides is 5. The lowest BCUT2D eigenvalue weighted by molar-refractivity contribution is -0.456. The highest BCUT2D eigenvalue weighted by atomic mass is 79.9. The van der Waals surface area contributed by atoms with E-state index in [9.17, 15) is 17.6 Å². The van der Waals surface area contributed by atoms with Crippen LogP contribution in [0.4, 0.5) is 17.6 Å². The van der Waals surface area contributed by atoms with Crippen molar-refractivity contribution in [2.45, 2.75) is 23.1 Å². The summed E-state index contributed by atoms with van der Waals surface area (Å²) in [6.45, 7) is 0. The van der Waals surface area contributed by atoms with Gasteiger partial charge in [0.25, 0.3) is 0 Å². The Morgan fingerprint density at radius 2 is 1.81 bits per heavy atom. The Labute approximate surface area is 105 Å². The molecule has 1 fully saturated rings. The Kier molecular flexibility index (Phi) is 2.87. The second-order valence-corrected chi connectivity index (χ2v) is 5.19. The summed E-state index contributed by atoms with van der Waals surface area (Å²) in [4.78, 5) is -0.663. The lowest BCUT2D eigenvalue weighted by Crippen LogP contribution is -2.54. The molecule has 2 unspecified atom stereocenters. The van der Waals surface area contributed by atoms with Crippen molar-refractivity contribution in [3.63, 3.8) is 0 Å². The molecule has 0 aromatic heterocycles. The third kappa shape index (κ3) is 1.91. The molecule has 0 aromatic rings. The summed E-state index contributed by atoms with van der Waals surface area (Å²) in [5.74, 6) is -0.341. The molecule has 0 saturated carbocycles. The van der Waals surface area contributed by atoms with Crippen LogP contribution in [0, 0.1) is 0 Å². The third-order valence-corrected chi connectivity index (χ3v) is 3.27. The highest BCUT2D eigenvalue weighted by molar-refractivity contribution is 9.12. The molecule has 90 valence electrons. The second kappa shape index (κ2) is 3.71. The Bertz CT molecular complexity index is 380. The topological polar surface area (TPSA) is 18.5 Å². The first kappa shape index (κ1) is 12.4. The van der Waals surface area contributed by atoms with Crippen molar-refractivity contribution < 1.29 is 27.0 Å². The Morgan fingerprint density at radius 3 is 2.44 bits per heavy atom. The zero-order valence-corrected chi connectivity index (χ0v) is 10.6. The van der Waals surface area contributed by atoms with E-state index in [0.29, 0.717) is 4.48 Å². The lowest BCUT2D eigenvalue weighted by atomic mass is 10.1. The molecule has 1 aliphatic carbocycles. The number of allylic oxidation sites excluding steroid dienone is 2. The van der Waals surface area contributed by atoms with E-state index in [1.165, 1.54) is 12.2 Å². The van der Waals surface area contributed by atoms with Gasteiger partial charge in [0.05, 0.1) is 4.83 Å². The molecule has 0 bridgehead atoms. The van der Waals surface area contributed by atoms with Gasteiger partial charge in [0, 0.05) is 4.48 Å². The van der Waals surface area contributed by atoms with Crippen LogP contribution < -0.4 is 0 Å². The normalized spacial score (nSPS) is 35.6. The first-order chi connectivity index (χ1) is 7.23. The molecular weight excluding hydrogens is 364 g/mol. The lowest BCUT2D eigenvalue weighted by Gasteiger charge is -2.39. The molecule has 8 heteroatoms. The summed E-state index contributed by atoms with van der Waals surface area (Å²) in [5, 5.41) is 0. The maximum Gasteiger partial charge on any atom is 0.493 e. The van der Waals surface area contributed by atoms with E-state index < -0.39 is 23.1 Å². The molecule has 0 aromatic carbocycles. The van der Waals surface area contributed by atoms with Crippen LogP contribution in [0.25, 0.3) is 0 Å². The molecule has 0 radical (unpaired) electrons. The summed E-state index contributed by atoms with van der Waals surface area (Å²) in [7, 11) is 0. The molecule has 1 aliphatic heterocycles. The van der Waals surface area contributed by atoms with Crippen LogP contribution >= 0.6 is 31.9 Å². The van der Waals surface area contributed by atoms with E-state index in [0.717, 1.165) is 0 Å². The molecule has 2 rings (SSSR count). The van der Waals surface area contributed by atoms with Crippen molar-refractivity contribution in [1.29, 1.82) is 0 Å². The van der Waals surface area contributed by atoms with Crippen molar-refractivity contribution in [1.82, 2.24) is 0 Å². The number of halogens is 6. The van der Waals surface area contributed by atoms with Gasteiger partial charge in [-0.1, -0.05) is 37.9 Å². The maximum absolute atomic E-state index is 12.8. The summed E-state index contributed by atoms with van der Waals surface area (Å²) in [5.41, 5.74) is 0. The van der Waals surface area contributed by atoms with E-state index in [2.05, 4.69) is 41.3 Å². The van der Waals surface area contributed by atoms with Crippen LogP contribution in [-0.2, 0) is 9.47 Å². The predicted molar refractivity (Wildman–Crippen MR) is 53.7 cm³/mol. The van der Waals surface area contributed by atoms with Crippen molar-refractivity contribution in [3.8, 4) is 0 Å². The minimum atomic E-state index is -4.66. The zero-order valence-electron chi connectivity index (χ0n) is 7.39. The monoisotopic (exact) mass is 366 g/mol. The highest BCUT2D eigenvalue weighted by Gasteiger charge is 2.67. The van der Waals surface area contributed by atoms with Gasteiger partial charge >= 0.3 is 12.2 Å². The van der Waals surface area contributed by atoms with E-state index in [4.69, 9.17) is 0 Å². The quantitative estimate of drug-likeness (QED) is 0.481. The van der Waals surface area contributed by atoms with Crippen LogP contribution in [0.2, 0.25) is 0 Å². The van der Waals surface area contributed by atoms with Gasteiger partial charge in [-0.3, -0.25) is 4.74 Å². The molecule has 2 atom stereocenters. The maximum atomic E-state index is 12.8. The highest BCUT2D eigenvalue weighted by Crippen LogP contribution is 2.47. The number of rotatable bonds is 0. The van der Waals surface area contributed by atoms with Gasteiger partial charge in [-0.15, -0.1) is 0 Å². The van der Waals surface area contributed by atoms with E-state index in [1.54, 1.807) is 0 Å². The van der Waals surface area contributed by atoms with E-state index in [-0.39, 0.29) is 5.76 Å². The number of hydrogen-bond acceptors (Lipinski definition) is 2. The molecule has 0 amide bonds. The van der Waals surface area contributed by atoms with Gasteiger partial charge < -0.3 is 4.74 Å². The molecule has 0 spiro atoms. The molecular formula is C8H4Br2F4O2. The van der Waals surface area contributed by atoms with Crippen LogP contribution in [0.1, 0.15) is 0 Å². The first-order valence-corrected chi connectivity index (χ1v) is 5.79. The van der Waals surface area contributed by atoms with Crippen molar-refractivity contribution >= 4 is 31.9 Å². The smallest absolute Gasteiger partial charge is 0.428 e. The fourth-order valence-corrected chi connectivity index (χ4v) is 2.83. The van der Waals surface area contributed by atoms with Gasteiger partial charge in [0.15, 0.2) is 0 Å². The summed E-state index contributed by atoms with van der Waals surface area (Å²) >= 11 is 6.07. The number of ether oxygens (including phenoxy) is 2. The van der Waals surface area contributed by atoms with Gasteiger partial charge in [0.2, 0.25) is 0 Å². The Balaban J connectivity index is 2.35. The van der Waals surface area contributed by atoms with Crippen LogP contribution in [-0.4, -0.2) is 23.1 Å². The van der Waals surface area contributed by atoms with Gasteiger partial charge in [0.1, 0.15) is 11.9 Å². The van der Waals surface area contributed by atoms with Crippen LogP contribution in [0.5, 0.6) is 0 Å². The van der Waals surface area contributed by atoms with Crippen molar-refractivity contribution in [3.05, 3.63) is 22.4 Å². The van der Waals surface area contributed by atoms with Crippen molar-refractivity contribution in [2.75, 3.05) is 0 Å². The average molecular weight is 368 g/mol. The van der Waals surface area contributed by atoms with Gasteiger partial charge in [-0.2, -0.15) is 17.6 Å². The molecule has 16 heavy (non-hydrogen) atoms. The number of fused-ring (bicyclic) bond motifs is 1. The second-order valence-electron chi connectivity index (χ2n) is 3.22. The van der Waals surface area contributed by atoms with Crippen molar-refractivity contribution in [2.24, 2.45) is 0 Å². The fourth-order valence-electron chi connectivity index (χ4n) is 1.31.